The summed E-state index contributed by atoms with van der Waals surface area (Å²) in [6, 6.07) is 3.54. The monoisotopic (exact) mass is 311 g/mol. The molecule has 0 bridgehead atoms. The van der Waals surface area contributed by atoms with Gasteiger partial charge in [0, 0.05) is 6.04 Å². The summed E-state index contributed by atoms with van der Waals surface area (Å²) in [6.07, 6.45) is -0.332. The fraction of sp³-hybridized carbons (Fsp3) is 0.300. The minimum absolute atomic E-state index is 0.0162. The van der Waals surface area contributed by atoms with Crippen LogP contribution in [0.3, 0.4) is 0 Å². The zero-order chi connectivity index (χ0) is 13.9. The molecule has 0 fully saturated rings. The number of benzene rings is 1. The van der Waals surface area contributed by atoms with Crippen molar-refractivity contribution in [3.05, 3.63) is 28.2 Å². The number of halogens is 2. The maximum atomic E-state index is 12.0. The van der Waals surface area contributed by atoms with Crippen LogP contribution in [-0.4, -0.2) is 25.5 Å². The standard InChI is InChI=1S/C10H11Cl2NO4S/c1-6(5-9(14)15)13-18(16,17)10-7(11)3-2-4-8(10)12/h2-4,6,13H,5H2,1H3,(H,14,15)/t6-/m0/s1. The first-order valence-electron chi connectivity index (χ1n) is 4.92. The molecule has 0 aliphatic rings. The minimum atomic E-state index is -3.94. The van der Waals surface area contributed by atoms with Crippen molar-refractivity contribution in [3.63, 3.8) is 0 Å². The van der Waals surface area contributed by atoms with Crippen molar-refractivity contribution < 1.29 is 18.3 Å². The zero-order valence-electron chi connectivity index (χ0n) is 9.35. The Morgan fingerprint density at radius 2 is 1.89 bits per heavy atom. The number of carbonyl (C=O) groups is 1. The number of hydrogen-bond donors (Lipinski definition) is 2. The van der Waals surface area contributed by atoms with E-state index in [-0.39, 0.29) is 21.4 Å². The Bertz CT molecular complexity index is 539. The van der Waals surface area contributed by atoms with E-state index in [4.69, 9.17) is 28.3 Å². The Labute approximate surface area is 115 Å². The molecule has 0 amide bonds. The van der Waals surface area contributed by atoms with Gasteiger partial charge in [-0.05, 0) is 19.1 Å². The lowest BCUT2D eigenvalue weighted by atomic mass is 10.3. The Kier molecular flexibility index (Phi) is 4.98. The van der Waals surface area contributed by atoms with Crippen LogP contribution in [0.2, 0.25) is 10.0 Å². The van der Waals surface area contributed by atoms with E-state index >= 15 is 0 Å². The van der Waals surface area contributed by atoms with Crippen LogP contribution in [0.5, 0.6) is 0 Å². The van der Waals surface area contributed by atoms with Crippen LogP contribution in [0, 0.1) is 0 Å². The molecule has 1 aromatic carbocycles. The SMILES string of the molecule is C[C@@H](CC(=O)O)NS(=O)(=O)c1c(Cl)cccc1Cl. The predicted octanol–water partition coefficient (Wildman–Crippen LogP) is 2.13. The molecule has 0 aromatic heterocycles. The van der Waals surface area contributed by atoms with E-state index in [2.05, 4.69) is 4.72 Å². The summed E-state index contributed by atoms with van der Waals surface area (Å²) in [7, 11) is -3.94. The number of carboxylic acids is 1. The van der Waals surface area contributed by atoms with Crippen molar-refractivity contribution in [2.24, 2.45) is 0 Å². The number of sulfonamides is 1. The molecule has 8 heteroatoms. The fourth-order valence-electron chi connectivity index (χ4n) is 1.37. The third-order valence-corrected chi connectivity index (χ3v) is 4.57. The summed E-state index contributed by atoms with van der Waals surface area (Å²) in [5, 5.41) is 8.54. The molecular formula is C10H11Cl2NO4S. The van der Waals surface area contributed by atoms with E-state index in [0.717, 1.165) is 0 Å². The lowest BCUT2D eigenvalue weighted by molar-refractivity contribution is -0.137. The zero-order valence-corrected chi connectivity index (χ0v) is 11.7. The summed E-state index contributed by atoms with van der Waals surface area (Å²) in [4.78, 5) is 10.2. The third kappa shape index (κ3) is 3.84. The second kappa shape index (κ2) is 5.88. The van der Waals surface area contributed by atoms with Crippen molar-refractivity contribution in [1.82, 2.24) is 4.72 Å². The lowest BCUT2D eigenvalue weighted by Crippen LogP contribution is -2.34. The topological polar surface area (TPSA) is 83.5 Å². The third-order valence-electron chi connectivity index (χ3n) is 2.02. The van der Waals surface area contributed by atoms with E-state index < -0.39 is 22.0 Å². The van der Waals surface area contributed by atoms with Gasteiger partial charge in [-0.2, -0.15) is 0 Å². The molecule has 0 aliphatic heterocycles. The molecule has 0 saturated heterocycles. The maximum absolute atomic E-state index is 12.0. The molecule has 0 spiro atoms. The van der Waals surface area contributed by atoms with Gasteiger partial charge in [0.15, 0.2) is 0 Å². The summed E-state index contributed by atoms with van der Waals surface area (Å²) in [5.41, 5.74) is 0. The average Bonchev–Trinajstić information content (AvgIpc) is 2.13. The molecule has 1 aromatic rings. The fourth-order valence-corrected chi connectivity index (χ4v) is 3.75. The highest BCUT2D eigenvalue weighted by Gasteiger charge is 2.24. The molecule has 1 rings (SSSR count). The van der Waals surface area contributed by atoms with Crippen LogP contribution in [0.15, 0.2) is 23.1 Å². The first-order valence-corrected chi connectivity index (χ1v) is 7.16. The van der Waals surface area contributed by atoms with Crippen molar-refractivity contribution in [3.8, 4) is 0 Å². The smallest absolute Gasteiger partial charge is 0.304 e. The lowest BCUT2D eigenvalue weighted by Gasteiger charge is -2.14. The van der Waals surface area contributed by atoms with Crippen LogP contribution in [0.25, 0.3) is 0 Å². The molecule has 0 radical (unpaired) electrons. The number of nitrogens with one attached hydrogen (secondary N) is 1. The van der Waals surface area contributed by atoms with Crippen molar-refractivity contribution in [2.45, 2.75) is 24.3 Å². The Morgan fingerprint density at radius 3 is 2.33 bits per heavy atom. The van der Waals surface area contributed by atoms with Crippen LogP contribution < -0.4 is 4.72 Å². The second-order valence-electron chi connectivity index (χ2n) is 3.67. The summed E-state index contributed by atoms with van der Waals surface area (Å²) in [6.45, 7) is 1.44. The Morgan fingerprint density at radius 1 is 1.39 bits per heavy atom. The van der Waals surface area contributed by atoms with Gasteiger partial charge >= 0.3 is 5.97 Å². The molecule has 0 aliphatic carbocycles. The maximum Gasteiger partial charge on any atom is 0.304 e. The van der Waals surface area contributed by atoms with Crippen LogP contribution >= 0.6 is 23.2 Å². The molecule has 2 N–H and O–H groups in total. The molecule has 0 saturated carbocycles. The van der Waals surface area contributed by atoms with Gasteiger partial charge in [0.1, 0.15) is 4.90 Å². The van der Waals surface area contributed by atoms with E-state index in [1.165, 1.54) is 25.1 Å². The van der Waals surface area contributed by atoms with Gasteiger partial charge in [-0.25, -0.2) is 13.1 Å². The molecule has 0 unspecified atom stereocenters. The molecule has 5 nitrogen and oxygen atoms in total. The molecule has 0 heterocycles. The number of aliphatic carboxylic acids is 1. The number of carboxylic acid groups (broad SMARTS) is 1. The normalized spacial score (nSPS) is 13.3. The highest BCUT2D eigenvalue weighted by molar-refractivity contribution is 7.89. The molecule has 100 valence electrons. The van der Waals surface area contributed by atoms with Gasteiger partial charge in [-0.15, -0.1) is 0 Å². The number of rotatable bonds is 5. The van der Waals surface area contributed by atoms with E-state index in [1.807, 2.05) is 0 Å². The van der Waals surface area contributed by atoms with Crippen molar-refractivity contribution in [1.29, 1.82) is 0 Å². The predicted molar refractivity (Wildman–Crippen MR) is 68.5 cm³/mol. The average molecular weight is 312 g/mol. The minimum Gasteiger partial charge on any atom is -0.481 e. The highest BCUT2D eigenvalue weighted by Crippen LogP contribution is 2.28. The highest BCUT2D eigenvalue weighted by atomic mass is 35.5. The van der Waals surface area contributed by atoms with Crippen molar-refractivity contribution >= 4 is 39.2 Å². The summed E-state index contributed by atoms with van der Waals surface area (Å²) >= 11 is 11.6. The van der Waals surface area contributed by atoms with Crippen LogP contribution in [-0.2, 0) is 14.8 Å². The molecular weight excluding hydrogens is 301 g/mol. The van der Waals surface area contributed by atoms with Gasteiger partial charge in [-0.3, -0.25) is 4.79 Å². The molecule has 1 atom stereocenters. The van der Waals surface area contributed by atoms with E-state index in [1.54, 1.807) is 0 Å². The summed E-state index contributed by atoms with van der Waals surface area (Å²) < 4.78 is 26.2. The van der Waals surface area contributed by atoms with Gasteiger partial charge in [0.25, 0.3) is 0 Å². The second-order valence-corrected chi connectivity index (χ2v) is 6.14. The van der Waals surface area contributed by atoms with Gasteiger partial charge < -0.3 is 5.11 Å². The molecule has 18 heavy (non-hydrogen) atoms. The summed E-state index contributed by atoms with van der Waals surface area (Å²) in [5.74, 6) is -1.10. The van der Waals surface area contributed by atoms with E-state index in [0.29, 0.717) is 0 Å². The first-order chi connectivity index (χ1) is 8.24. The first kappa shape index (κ1) is 15.2. The van der Waals surface area contributed by atoms with Gasteiger partial charge in [0.05, 0.1) is 16.5 Å². The van der Waals surface area contributed by atoms with Gasteiger partial charge in [-0.1, -0.05) is 29.3 Å². The quantitative estimate of drug-likeness (QED) is 0.872. The van der Waals surface area contributed by atoms with E-state index in [9.17, 15) is 13.2 Å². The Balaban J connectivity index is 3.04. The Hall–Kier alpha value is -0.820. The van der Waals surface area contributed by atoms with Crippen molar-refractivity contribution in [2.75, 3.05) is 0 Å². The van der Waals surface area contributed by atoms with Gasteiger partial charge in [0.2, 0.25) is 10.0 Å². The van der Waals surface area contributed by atoms with Crippen LogP contribution in [0.1, 0.15) is 13.3 Å². The largest absolute Gasteiger partial charge is 0.481 e. The van der Waals surface area contributed by atoms with Crippen LogP contribution in [0.4, 0.5) is 0 Å². The number of hydrogen-bond acceptors (Lipinski definition) is 3.